The van der Waals surface area contributed by atoms with Gasteiger partial charge in [-0.3, -0.25) is 10.1 Å². The molecule has 1 heterocycles. The largest absolute Gasteiger partial charge is 0.296 e. The summed E-state index contributed by atoms with van der Waals surface area (Å²) in [7, 11) is 0. The highest BCUT2D eigenvalue weighted by Gasteiger charge is 2.11. The Hall–Kier alpha value is -1.54. The Morgan fingerprint density at radius 2 is 1.81 bits per heavy atom. The molecule has 0 fully saturated rings. The van der Waals surface area contributed by atoms with Crippen molar-refractivity contribution in [1.29, 1.82) is 0 Å². The van der Waals surface area contributed by atoms with Crippen LogP contribution < -0.4 is 5.32 Å². The summed E-state index contributed by atoms with van der Waals surface area (Å²) in [4.78, 5) is 13.5. The number of halogens is 1. The summed E-state index contributed by atoms with van der Waals surface area (Å²) >= 11 is 10.7. The highest BCUT2D eigenvalue weighted by molar-refractivity contribution is 8.01. The number of benzene rings is 2. The van der Waals surface area contributed by atoms with Gasteiger partial charge in [-0.2, -0.15) is 0 Å². The fourth-order valence-corrected chi connectivity index (χ4v) is 5.08. The summed E-state index contributed by atoms with van der Waals surface area (Å²) in [5.41, 5.74) is 1.75. The number of aromatic nitrogens is 2. The van der Waals surface area contributed by atoms with E-state index in [1.165, 1.54) is 11.3 Å². The molecule has 0 radical (unpaired) electrons. The zero-order chi connectivity index (χ0) is 19.2. The van der Waals surface area contributed by atoms with Gasteiger partial charge in [0.25, 0.3) is 5.91 Å². The van der Waals surface area contributed by atoms with E-state index in [4.69, 9.17) is 11.6 Å². The fraction of sp³-hybridized carbons (Fsp3) is 0.211. The number of anilines is 1. The Kier molecular flexibility index (Phi) is 7.18. The minimum Gasteiger partial charge on any atom is -0.296 e. The summed E-state index contributed by atoms with van der Waals surface area (Å²) in [6.45, 7) is 4.19. The highest BCUT2D eigenvalue weighted by Crippen LogP contribution is 2.29. The molecule has 3 rings (SSSR count). The zero-order valence-corrected chi connectivity index (χ0v) is 18.0. The minimum absolute atomic E-state index is 0.177. The van der Waals surface area contributed by atoms with E-state index in [9.17, 15) is 4.79 Å². The summed E-state index contributed by atoms with van der Waals surface area (Å²) < 4.78 is 0.856. The van der Waals surface area contributed by atoms with Crippen molar-refractivity contribution in [3.63, 3.8) is 0 Å². The SMILES string of the molecule is CC(C)Sc1nnc(NC(=O)c2ccc(CSc3ccc(Cl)cc3)cc2)s1. The molecule has 8 heteroatoms. The van der Waals surface area contributed by atoms with Crippen LogP contribution in [0.3, 0.4) is 0 Å². The summed E-state index contributed by atoms with van der Waals surface area (Å²) in [6.07, 6.45) is 0. The fourth-order valence-electron chi connectivity index (χ4n) is 2.13. The van der Waals surface area contributed by atoms with Crippen molar-refractivity contribution in [3.8, 4) is 0 Å². The number of hydrogen-bond acceptors (Lipinski definition) is 6. The Labute approximate surface area is 176 Å². The predicted octanol–water partition coefficient (Wildman–Crippen LogP) is 6.24. The van der Waals surface area contributed by atoms with Gasteiger partial charge in [-0.15, -0.1) is 22.0 Å². The van der Waals surface area contributed by atoms with Crippen LogP contribution in [-0.2, 0) is 5.75 Å². The number of hydrogen-bond donors (Lipinski definition) is 1. The molecule has 0 atom stereocenters. The van der Waals surface area contributed by atoms with E-state index in [0.717, 1.165) is 25.6 Å². The number of carbonyl (C=O) groups is 1. The van der Waals surface area contributed by atoms with Gasteiger partial charge in [-0.25, -0.2) is 0 Å². The van der Waals surface area contributed by atoms with Gasteiger partial charge in [0.2, 0.25) is 5.13 Å². The smallest absolute Gasteiger partial charge is 0.257 e. The minimum atomic E-state index is -0.177. The van der Waals surface area contributed by atoms with Crippen LogP contribution in [-0.4, -0.2) is 21.4 Å². The normalized spacial score (nSPS) is 11.0. The third-order valence-corrected chi connectivity index (χ3v) is 6.66. The van der Waals surface area contributed by atoms with E-state index in [0.29, 0.717) is 15.9 Å². The first-order chi connectivity index (χ1) is 13.0. The van der Waals surface area contributed by atoms with Crippen molar-refractivity contribution in [2.45, 2.75) is 34.1 Å². The van der Waals surface area contributed by atoms with E-state index in [1.54, 1.807) is 23.5 Å². The van der Waals surface area contributed by atoms with Crippen molar-refractivity contribution in [3.05, 3.63) is 64.7 Å². The molecule has 0 spiro atoms. The van der Waals surface area contributed by atoms with Gasteiger partial charge < -0.3 is 0 Å². The maximum absolute atomic E-state index is 12.4. The molecule has 2 aromatic carbocycles. The molecular weight excluding hydrogens is 418 g/mol. The van der Waals surface area contributed by atoms with Crippen molar-refractivity contribution in [2.75, 3.05) is 5.32 Å². The van der Waals surface area contributed by atoms with Crippen LogP contribution in [0.25, 0.3) is 0 Å². The van der Waals surface area contributed by atoms with Crippen LogP contribution >= 0.6 is 46.5 Å². The number of rotatable bonds is 7. The summed E-state index contributed by atoms with van der Waals surface area (Å²) in [6, 6.07) is 15.4. The Balaban J connectivity index is 1.55. The molecule has 3 aromatic rings. The third kappa shape index (κ3) is 6.24. The lowest BCUT2D eigenvalue weighted by Gasteiger charge is -2.05. The van der Waals surface area contributed by atoms with Crippen molar-refractivity contribution in [2.24, 2.45) is 0 Å². The Bertz CT molecular complexity index is 895. The second kappa shape index (κ2) is 9.59. The van der Waals surface area contributed by atoms with Gasteiger partial charge in [-0.05, 0) is 42.0 Å². The summed E-state index contributed by atoms with van der Waals surface area (Å²) in [5.74, 6) is 0.652. The third-order valence-electron chi connectivity index (χ3n) is 3.40. The van der Waals surface area contributed by atoms with E-state index >= 15 is 0 Å². The average Bonchev–Trinajstić information content (AvgIpc) is 3.07. The molecule has 0 saturated heterocycles. The van der Waals surface area contributed by atoms with Gasteiger partial charge in [0.15, 0.2) is 4.34 Å². The quantitative estimate of drug-likeness (QED) is 0.351. The second-order valence-electron chi connectivity index (χ2n) is 5.93. The van der Waals surface area contributed by atoms with Gasteiger partial charge in [-0.1, -0.05) is 60.7 Å². The molecule has 0 aliphatic heterocycles. The molecule has 0 saturated carbocycles. The lowest BCUT2D eigenvalue weighted by atomic mass is 10.1. The van der Waals surface area contributed by atoms with Gasteiger partial charge in [0.1, 0.15) is 0 Å². The van der Waals surface area contributed by atoms with E-state index in [1.807, 2.05) is 48.5 Å². The van der Waals surface area contributed by atoms with Crippen LogP contribution in [0.5, 0.6) is 0 Å². The van der Waals surface area contributed by atoms with Gasteiger partial charge in [0, 0.05) is 26.5 Å². The van der Waals surface area contributed by atoms with Crippen LogP contribution in [0.1, 0.15) is 29.8 Å². The molecule has 0 unspecified atom stereocenters. The zero-order valence-electron chi connectivity index (χ0n) is 14.8. The first-order valence-corrected chi connectivity index (χ1v) is 11.3. The topological polar surface area (TPSA) is 54.9 Å². The van der Waals surface area contributed by atoms with Crippen LogP contribution in [0.15, 0.2) is 57.8 Å². The molecule has 0 aliphatic carbocycles. The van der Waals surface area contributed by atoms with Gasteiger partial charge >= 0.3 is 0 Å². The number of nitrogens with one attached hydrogen (secondary N) is 1. The monoisotopic (exact) mass is 435 g/mol. The van der Waals surface area contributed by atoms with Crippen molar-refractivity contribution in [1.82, 2.24) is 10.2 Å². The average molecular weight is 436 g/mol. The second-order valence-corrected chi connectivity index (χ2v) is 10.2. The first-order valence-electron chi connectivity index (χ1n) is 8.28. The summed E-state index contributed by atoms with van der Waals surface area (Å²) in [5, 5.41) is 12.6. The number of carbonyl (C=O) groups excluding carboxylic acids is 1. The Morgan fingerprint density at radius 3 is 2.48 bits per heavy atom. The number of nitrogens with zero attached hydrogens (tertiary/aromatic N) is 2. The van der Waals surface area contributed by atoms with Crippen LogP contribution in [0.2, 0.25) is 5.02 Å². The molecule has 27 heavy (non-hydrogen) atoms. The lowest BCUT2D eigenvalue weighted by molar-refractivity contribution is 0.102. The predicted molar refractivity (Wildman–Crippen MR) is 116 cm³/mol. The van der Waals surface area contributed by atoms with Crippen molar-refractivity contribution >= 4 is 57.5 Å². The van der Waals surface area contributed by atoms with Crippen LogP contribution in [0, 0.1) is 0 Å². The van der Waals surface area contributed by atoms with Crippen molar-refractivity contribution < 1.29 is 4.79 Å². The lowest BCUT2D eigenvalue weighted by Crippen LogP contribution is -2.11. The molecule has 0 bridgehead atoms. The molecule has 1 aromatic heterocycles. The van der Waals surface area contributed by atoms with Crippen LogP contribution in [0.4, 0.5) is 5.13 Å². The molecule has 140 valence electrons. The molecule has 1 amide bonds. The maximum Gasteiger partial charge on any atom is 0.257 e. The first kappa shape index (κ1) is 20.2. The Morgan fingerprint density at radius 1 is 1.11 bits per heavy atom. The number of amides is 1. The molecule has 4 nitrogen and oxygen atoms in total. The molecule has 1 N–H and O–H groups in total. The maximum atomic E-state index is 12.4. The number of thioether (sulfide) groups is 2. The standard InChI is InChI=1S/C19H18ClN3OS3/c1-12(2)26-19-23-22-18(27-19)21-17(24)14-5-3-13(4-6-14)11-25-16-9-7-15(20)8-10-16/h3-10,12H,11H2,1-2H3,(H,21,22,24). The van der Waals surface area contributed by atoms with Gasteiger partial charge in [0.05, 0.1) is 0 Å². The van der Waals surface area contributed by atoms with E-state index in [2.05, 4.69) is 29.4 Å². The van der Waals surface area contributed by atoms with E-state index < -0.39 is 0 Å². The molecular formula is C19H18ClN3OS3. The van der Waals surface area contributed by atoms with E-state index in [-0.39, 0.29) is 5.91 Å². The molecule has 0 aliphatic rings. The highest BCUT2D eigenvalue weighted by atomic mass is 35.5.